The van der Waals surface area contributed by atoms with Crippen molar-refractivity contribution in [3.8, 4) is 0 Å². The van der Waals surface area contributed by atoms with Crippen molar-refractivity contribution in [2.75, 3.05) is 33.2 Å². The molecule has 24 heavy (non-hydrogen) atoms. The third-order valence-electron chi connectivity index (χ3n) is 5.14. The quantitative estimate of drug-likeness (QED) is 0.664. The first-order valence-electron chi connectivity index (χ1n) is 8.47. The van der Waals surface area contributed by atoms with Crippen molar-refractivity contribution >= 4 is 33.1 Å². The number of amides is 1. The lowest BCUT2D eigenvalue weighted by molar-refractivity contribution is -0.883. The van der Waals surface area contributed by atoms with Gasteiger partial charge in [0.2, 0.25) is 5.82 Å². The number of thiophene rings is 1. The molecule has 124 valence electrons. The summed E-state index contributed by atoms with van der Waals surface area (Å²) >= 11 is 1.76. The zero-order chi connectivity index (χ0) is 16.3. The van der Waals surface area contributed by atoms with E-state index in [0.717, 1.165) is 54.9 Å². The average molecular weight is 343 g/mol. The molecule has 3 aromatic heterocycles. The Morgan fingerprint density at radius 3 is 2.96 bits per heavy atom. The van der Waals surface area contributed by atoms with Gasteiger partial charge in [-0.15, -0.1) is 16.4 Å². The molecule has 0 atom stereocenters. The monoisotopic (exact) mass is 343 g/mol. The van der Waals surface area contributed by atoms with Crippen molar-refractivity contribution in [3.63, 3.8) is 0 Å². The molecule has 1 amide bonds. The SMILES string of the molecule is C[NH+]1CCN(C(=O)c2nc3c4c5c(sc4ncn3n2)CCC5)CC1. The number of likely N-dealkylation sites (N-methyl/N-ethyl adjacent to an activating group) is 1. The van der Waals surface area contributed by atoms with Gasteiger partial charge in [0.15, 0.2) is 5.65 Å². The smallest absolute Gasteiger partial charge is 0.293 e. The van der Waals surface area contributed by atoms with Gasteiger partial charge in [-0.2, -0.15) is 0 Å². The third kappa shape index (κ3) is 2.06. The summed E-state index contributed by atoms with van der Waals surface area (Å²) in [5.41, 5.74) is 2.14. The van der Waals surface area contributed by atoms with Crippen LogP contribution in [0.2, 0.25) is 0 Å². The highest BCUT2D eigenvalue weighted by atomic mass is 32.1. The molecule has 1 saturated heterocycles. The van der Waals surface area contributed by atoms with Gasteiger partial charge in [0, 0.05) is 4.88 Å². The molecule has 7 nitrogen and oxygen atoms in total. The van der Waals surface area contributed by atoms with E-state index >= 15 is 0 Å². The third-order valence-corrected chi connectivity index (χ3v) is 6.34. The zero-order valence-corrected chi connectivity index (χ0v) is 14.4. The van der Waals surface area contributed by atoms with Crippen LogP contribution in [-0.4, -0.2) is 63.6 Å². The van der Waals surface area contributed by atoms with E-state index in [0.29, 0.717) is 5.82 Å². The maximum Gasteiger partial charge on any atom is 0.293 e. The highest BCUT2D eigenvalue weighted by Crippen LogP contribution is 2.37. The first-order chi connectivity index (χ1) is 11.7. The summed E-state index contributed by atoms with van der Waals surface area (Å²) in [5, 5.41) is 5.51. The number of quaternary nitrogens is 1. The highest BCUT2D eigenvalue weighted by molar-refractivity contribution is 7.19. The van der Waals surface area contributed by atoms with Crippen LogP contribution in [0.1, 0.15) is 27.5 Å². The van der Waals surface area contributed by atoms with E-state index in [2.05, 4.69) is 22.1 Å². The number of hydrogen-bond donors (Lipinski definition) is 1. The Morgan fingerprint density at radius 1 is 1.29 bits per heavy atom. The van der Waals surface area contributed by atoms with Crippen LogP contribution in [0.5, 0.6) is 0 Å². The molecule has 0 radical (unpaired) electrons. The molecule has 1 aliphatic heterocycles. The molecule has 5 rings (SSSR count). The van der Waals surface area contributed by atoms with Gasteiger partial charge in [-0.1, -0.05) is 0 Å². The van der Waals surface area contributed by atoms with Crippen LogP contribution in [0.4, 0.5) is 0 Å². The molecule has 0 saturated carbocycles. The second-order valence-corrected chi connectivity index (χ2v) is 7.82. The minimum Gasteiger partial charge on any atom is -0.334 e. The maximum atomic E-state index is 12.7. The van der Waals surface area contributed by atoms with Crippen molar-refractivity contribution in [2.24, 2.45) is 0 Å². The van der Waals surface area contributed by atoms with Crippen molar-refractivity contribution in [1.29, 1.82) is 0 Å². The first-order valence-corrected chi connectivity index (χ1v) is 9.28. The molecule has 3 aromatic rings. The van der Waals surface area contributed by atoms with Crippen LogP contribution in [-0.2, 0) is 12.8 Å². The Labute approximate surface area is 142 Å². The molecular formula is C16H19N6OS+. The van der Waals surface area contributed by atoms with Crippen LogP contribution in [0.15, 0.2) is 6.33 Å². The molecule has 8 heteroatoms. The predicted octanol–water partition coefficient (Wildman–Crippen LogP) is -0.202. The lowest BCUT2D eigenvalue weighted by atomic mass is 10.2. The summed E-state index contributed by atoms with van der Waals surface area (Å²) < 4.78 is 1.67. The minimum absolute atomic E-state index is 0.0637. The van der Waals surface area contributed by atoms with Crippen LogP contribution < -0.4 is 4.90 Å². The van der Waals surface area contributed by atoms with Gasteiger partial charge in [-0.25, -0.2) is 14.5 Å². The van der Waals surface area contributed by atoms with Gasteiger partial charge in [0.05, 0.1) is 38.6 Å². The van der Waals surface area contributed by atoms with Crippen molar-refractivity contribution in [3.05, 3.63) is 22.6 Å². The molecule has 0 unspecified atom stereocenters. The normalized spacial score (nSPS) is 18.6. The van der Waals surface area contributed by atoms with E-state index in [1.54, 1.807) is 22.2 Å². The molecule has 0 spiro atoms. The van der Waals surface area contributed by atoms with E-state index in [1.807, 2.05) is 4.90 Å². The van der Waals surface area contributed by atoms with Crippen LogP contribution >= 0.6 is 11.3 Å². The first kappa shape index (κ1) is 14.3. The van der Waals surface area contributed by atoms with Gasteiger partial charge >= 0.3 is 0 Å². The zero-order valence-electron chi connectivity index (χ0n) is 13.6. The van der Waals surface area contributed by atoms with E-state index in [-0.39, 0.29) is 5.91 Å². The molecule has 0 aromatic carbocycles. The van der Waals surface area contributed by atoms with Gasteiger partial charge in [0.1, 0.15) is 11.2 Å². The summed E-state index contributed by atoms with van der Waals surface area (Å²) in [4.78, 5) is 27.6. The molecule has 2 aliphatic rings. The Hall–Kier alpha value is -2.06. The summed E-state index contributed by atoms with van der Waals surface area (Å²) in [7, 11) is 2.16. The van der Waals surface area contributed by atoms with E-state index in [4.69, 9.17) is 0 Å². The fourth-order valence-corrected chi connectivity index (χ4v) is 4.94. The fourth-order valence-electron chi connectivity index (χ4n) is 3.72. The minimum atomic E-state index is -0.0637. The number of hydrogen-bond acceptors (Lipinski definition) is 5. The number of aromatic nitrogens is 4. The number of piperazine rings is 1. The summed E-state index contributed by atoms with van der Waals surface area (Å²) in [5.74, 6) is 0.230. The van der Waals surface area contributed by atoms with E-state index < -0.39 is 0 Å². The predicted molar refractivity (Wildman–Crippen MR) is 90.7 cm³/mol. The maximum absolute atomic E-state index is 12.7. The second kappa shape index (κ2) is 5.22. The second-order valence-electron chi connectivity index (χ2n) is 6.73. The Kier molecular flexibility index (Phi) is 3.11. The van der Waals surface area contributed by atoms with Gasteiger partial charge in [0.25, 0.3) is 5.91 Å². The lowest BCUT2D eigenvalue weighted by Crippen LogP contribution is -3.12. The number of nitrogens with zero attached hydrogens (tertiary/aromatic N) is 5. The van der Waals surface area contributed by atoms with Crippen molar-refractivity contribution in [2.45, 2.75) is 19.3 Å². The van der Waals surface area contributed by atoms with Gasteiger partial charge in [-0.05, 0) is 24.8 Å². The van der Waals surface area contributed by atoms with Crippen LogP contribution in [0.25, 0.3) is 15.9 Å². The number of aryl methyl sites for hydroxylation is 2. The highest BCUT2D eigenvalue weighted by Gasteiger charge is 2.27. The lowest BCUT2D eigenvalue weighted by Gasteiger charge is -2.29. The van der Waals surface area contributed by atoms with Crippen LogP contribution in [0.3, 0.4) is 0 Å². The summed E-state index contributed by atoms with van der Waals surface area (Å²) in [6.07, 6.45) is 5.09. The average Bonchev–Trinajstić information content (AvgIpc) is 3.27. The Bertz CT molecular complexity index is 952. The molecule has 1 aliphatic carbocycles. The molecule has 0 bridgehead atoms. The molecule has 1 N–H and O–H groups in total. The van der Waals surface area contributed by atoms with Gasteiger partial charge in [-0.3, -0.25) is 4.79 Å². The number of fused-ring (bicyclic) bond motifs is 5. The Balaban J connectivity index is 1.58. The number of carbonyl (C=O) groups is 1. The van der Waals surface area contributed by atoms with E-state index in [1.165, 1.54) is 21.8 Å². The number of carbonyl (C=O) groups excluding carboxylic acids is 1. The van der Waals surface area contributed by atoms with Gasteiger partial charge < -0.3 is 9.80 Å². The largest absolute Gasteiger partial charge is 0.334 e. The number of rotatable bonds is 1. The van der Waals surface area contributed by atoms with Crippen molar-refractivity contribution < 1.29 is 9.69 Å². The fraction of sp³-hybridized carbons (Fsp3) is 0.500. The topological polar surface area (TPSA) is 67.8 Å². The standard InChI is InChI=1S/C16H18N6OS/c1-20-5-7-21(8-6-20)16(23)13-18-14-12-10-3-2-4-11(10)24-15(12)17-9-22(14)19-13/h9H,2-8H2,1H3/p+1. The Morgan fingerprint density at radius 2 is 2.12 bits per heavy atom. The number of nitrogens with one attached hydrogen (secondary N) is 1. The summed E-state index contributed by atoms with van der Waals surface area (Å²) in [6, 6.07) is 0. The molecule has 1 fully saturated rings. The molecule has 4 heterocycles. The summed E-state index contributed by atoms with van der Waals surface area (Å²) in [6.45, 7) is 3.48. The van der Waals surface area contributed by atoms with E-state index in [9.17, 15) is 4.79 Å². The van der Waals surface area contributed by atoms with Crippen molar-refractivity contribution in [1.82, 2.24) is 24.5 Å². The molecular weight excluding hydrogens is 324 g/mol. The van der Waals surface area contributed by atoms with Crippen LogP contribution in [0, 0.1) is 0 Å².